The van der Waals surface area contributed by atoms with Crippen molar-refractivity contribution in [2.75, 3.05) is 13.1 Å². The number of nitrogens with one attached hydrogen (secondary N) is 1. The summed E-state index contributed by atoms with van der Waals surface area (Å²) in [5.41, 5.74) is 2.19. The molecule has 2 aromatic carbocycles. The molecule has 1 saturated heterocycles. The summed E-state index contributed by atoms with van der Waals surface area (Å²) in [6, 6.07) is 14.0. The molecule has 150 valence electrons. The van der Waals surface area contributed by atoms with Crippen LogP contribution in [0.25, 0.3) is 0 Å². The quantitative estimate of drug-likeness (QED) is 0.796. The molecule has 3 rings (SSSR count). The van der Waals surface area contributed by atoms with Gasteiger partial charge < -0.3 is 5.32 Å². The zero-order valence-corrected chi connectivity index (χ0v) is 17.6. The van der Waals surface area contributed by atoms with Gasteiger partial charge in [0.2, 0.25) is 15.9 Å². The van der Waals surface area contributed by atoms with Gasteiger partial charge >= 0.3 is 0 Å². The van der Waals surface area contributed by atoms with E-state index in [0.29, 0.717) is 24.4 Å². The summed E-state index contributed by atoms with van der Waals surface area (Å²) in [5.74, 6) is -0.465. The third kappa shape index (κ3) is 4.74. The van der Waals surface area contributed by atoms with E-state index in [0.717, 1.165) is 11.1 Å². The Morgan fingerprint density at radius 1 is 1.14 bits per heavy atom. The van der Waals surface area contributed by atoms with E-state index in [9.17, 15) is 13.2 Å². The second kappa shape index (κ2) is 8.64. The van der Waals surface area contributed by atoms with E-state index in [4.69, 9.17) is 11.6 Å². The predicted octanol–water partition coefficient (Wildman–Crippen LogP) is 3.93. The highest BCUT2D eigenvalue weighted by Crippen LogP contribution is 2.25. The summed E-state index contributed by atoms with van der Waals surface area (Å²) in [7, 11) is -3.64. The molecule has 28 heavy (non-hydrogen) atoms. The van der Waals surface area contributed by atoms with E-state index >= 15 is 0 Å². The topological polar surface area (TPSA) is 66.5 Å². The van der Waals surface area contributed by atoms with Gasteiger partial charge in [0.25, 0.3) is 0 Å². The number of amides is 1. The molecule has 0 aliphatic carbocycles. The Morgan fingerprint density at radius 2 is 1.79 bits per heavy atom. The Labute approximate surface area is 171 Å². The molecule has 0 aromatic heterocycles. The van der Waals surface area contributed by atoms with E-state index in [1.54, 1.807) is 12.1 Å². The lowest BCUT2D eigenvalue weighted by atomic mass is 9.97. The zero-order chi connectivity index (χ0) is 20.3. The maximum Gasteiger partial charge on any atom is 0.243 e. The number of carbonyl (C=O) groups is 1. The van der Waals surface area contributed by atoms with Crippen LogP contribution in [0.5, 0.6) is 0 Å². The van der Waals surface area contributed by atoms with Gasteiger partial charge in [-0.05, 0) is 56.5 Å². The van der Waals surface area contributed by atoms with Gasteiger partial charge in [0, 0.05) is 18.1 Å². The summed E-state index contributed by atoms with van der Waals surface area (Å²) in [6.45, 7) is 4.57. The van der Waals surface area contributed by atoms with Crippen LogP contribution in [-0.4, -0.2) is 31.7 Å². The zero-order valence-electron chi connectivity index (χ0n) is 16.1. The van der Waals surface area contributed by atoms with E-state index in [1.807, 2.05) is 38.1 Å². The average Bonchev–Trinajstić information content (AvgIpc) is 2.69. The molecule has 1 fully saturated rings. The molecule has 1 aliphatic heterocycles. The van der Waals surface area contributed by atoms with Crippen molar-refractivity contribution in [3.8, 4) is 0 Å². The van der Waals surface area contributed by atoms with Crippen LogP contribution in [0, 0.1) is 12.8 Å². The normalized spacial score (nSPS) is 19.2. The highest BCUT2D eigenvalue weighted by Gasteiger charge is 2.33. The molecule has 0 radical (unpaired) electrons. The molecule has 0 unspecified atom stereocenters. The van der Waals surface area contributed by atoms with Crippen LogP contribution >= 0.6 is 11.6 Å². The summed E-state index contributed by atoms with van der Waals surface area (Å²) in [6.07, 6.45) is 1.34. The molecule has 7 heteroatoms. The lowest BCUT2D eigenvalue weighted by Gasteiger charge is -2.32. The van der Waals surface area contributed by atoms with Crippen molar-refractivity contribution in [3.05, 3.63) is 64.7 Å². The maximum absolute atomic E-state index is 12.9. The molecule has 2 aromatic rings. The third-order valence-corrected chi connectivity index (χ3v) is 7.27. The molecule has 2 atom stereocenters. The van der Waals surface area contributed by atoms with Gasteiger partial charge in [0.1, 0.15) is 0 Å². The van der Waals surface area contributed by atoms with Crippen molar-refractivity contribution in [3.63, 3.8) is 0 Å². The Morgan fingerprint density at radius 3 is 2.43 bits per heavy atom. The lowest BCUT2D eigenvalue weighted by molar-refractivity contribution is -0.126. The molecule has 0 spiro atoms. The van der Waals surface area contributed by atoms with Crippen LogP contribution < -0.4 is 5.32 Å². The Kier molecular flexibility index (Phi) is 6.43. The average molecular weight is 421 g/mol. The SMILES string of the molecule is Cc1ccc([C@H](C)NC(=O)[C@H]2CCCN(S(=O)(=O)c3ccc(Cl)cc3)C2)cc1. The molecule has 1 N–H and O–H groups in total. The monoisotopic (exact) mass is 420 g/mol. The standard InChI is InChI=1S/C21H25ClN2O3S/c1-15-5-7-17(8-6-15)16(2)23-21(25)18-4-3-13-24(14-18)28(26,27)20-11-9-19(22)10-12-20/h5-12,16,18H,3-4,13-14H2,1-2H3,(H,23,25)/t16-,18-/m0/s1. The smallest absolute Gasteiger partial charge is 0.243 e. The Balaban J connectivity index is 1.67. The fourth-order valence-electron chi connectivity index (χ4n) is 3.40. The van der Waals surface area contributed by atoms with Crippen LogP contribution in [0.4, 0.5) is 0 Å². The van der Waals surface area contributed by atoms with Crippen LogP contribution in [-0.2, 0) is 14.8 Å². The number of rotatable bonds is 5. The third-order valence-electron chi connectivity index (χ3n) is 5.14. The van der Waals surface area contributed by atoms with E-state index in [-0.39, 0.29) is 29.3 Å². The number of nitrogens with zero attached hydrogens (tertiary/aromatic N) is 1. The molecule has 5 nitrogen and oxygen atoms in total. The molecule has 1 amide bonds. The minimum absolute atomic E-state index is 0.107. The number of hydrogen-bond acceptors (Lipinski definition) is 3. The number of carbonyl (C=O) groups excluding carboxylic acids is 1. The number of benzene rings is 2. The first-order valence-corrected chi connectivity index (χ1v) is 11.2. The summed E-state index contributed by atoms with van der Waals surface area (Å²) in [4.78, 5) is 13.0. The lowest BCUT2D eigenvalue weighted by Crippen LogP contribution is -2.45. The highest BCUT2D eigenvalue weighted by molar-refractivity contribution is 7.89. The fraction of sp³-hybridized carbons (Fsp3) is 0.381. The minimum Gasteiger partial charge on any atom is -0.349 e. The van der Waals surface area contributed by atoms with Crippen molar-refractivity contribution in [2.45, 2.75) is 37.6 Å². The van der Waals surface area contributed by atoms with Gasteiger partial charge in [-0.15, -0.1) is 0 Å². The first-order chi connectivity index (χ1) is 13.3. The van der Waals surface area contributed by atoms with Crippen molar-refractivity contribution >= 4 is 27.5 Å². The van der Waals surface area contributed by atoms with Crippen molar-refractivity contribution in [1.29, 1.82) is 0 Å². The first-order valence-electron chi connectivity index (χ1n) is 9.40. The van der Waals surface area contributed by atoms with Crippen molar-refractivity contribution in [2.24, 2.45) is 5.92 Å². The highest BCUT2D eigenvalue weighted by atomic mass is 35.5. The van der Waals surface area contributed by atoms with Gasteiger partial charge in [-0.2, -0.15) is 4.31 Å². The molecule has 1 aliphatic rings. The second-order valence-corrected chi connectivity index (χ2v) is 9.67. The van der Waals surface area contributed by atoms with Gasteiger partial charge in [-0.3, -0.25) is 4.79 Å². The Hall–Kier alpha value is -1.89. The first kappa shape index (κ1) is 20.8. The molecule has 0 bridgehead atoms. The largest absolute Gasteiger partial charge is 0.349 e. The number of aryl methyl sites for hydroxylation is 1. The van der Waals surface area contributed by atoms with Crippen LogP contribution in [0.2, 0.25) is 5.02 Å². The van der Waals surface area contributed by atoms with E-state index in [1.165, 1.54) is 16.4 Å². The molecular weight excluding hydrogens is 396 g/mol. The van der Waals surface area contributed by atoms with Gasteiger partial charge in [-0.1, -0.05) is 41.4 Å². The van der Waals surface area contributed by atoms with E-state index < -0.39 is 10.0 Å². The summed E-state index contributed by atoms with van der Waals surface area (Å²) >= 11 is 5.86. The summed E-state index contributed by atoms with van der Waals surface area (Å²) in [5, 5.41) is 3.51. The fourth-order valence-corrected chi connectivity index (χ4v) is 5.05. The van der Waals surface area contributed by atoms with Gasteiger partial charge in [0.05, 0.1) is 16.9 Å². The number of sulfonamides is 1. The van der Waals surface area contributed by atoms with E-state index in [2.05, 4.69) is 5.32 Å². The molecular formula is C21H25ClN2O3S. The maximum atomic E-state index is 12.9. The molecule has 0 saturated carbocycles. The van der Waals surface area contributed by atoms with Crippen LogP contribution in [0.15, 0.2) is 53.4 Å². The van der Waals surface area contributed by atoms with Gasteiger partial charge in [-0.25, -0.2) is 8.42 Å². The van der Waals surface area contributed by atoms with Crippen molar-refractivity contribution < 1.29 is 13.2 Å². The number of halogens is 1. The number of piperidine rings is 1. The van der Waals surface area contributed by atoms with Crippen LogP contribution in [0.1, 0.15) is 36.9 Å². The summed E-state index contributed by atoms with van der Waals surface area (Å²) < 4.78 is 27.2. The molecule has 1 heterocycles. The number of hydrogen-bond donors (Lipinski definition) is 1. The minimum atomic E-state index is -3.64. The van der Waals surface area contributed by atoms with Crippen LogP contribution in [0.3, 0.4) is 0 Å². The van der Waals surface area contributed by atoms with Crippen molar-refractivity contribution in [1.82, 2.24) is 9.62 Å². The predicted molar refractivity (Wildman–Crippen MR) is 111 cm³/mol. The second-order valence-electron chi connectivity index (χ2n) is 7.30. The Bertz CT molecular complexity index is 927. The van der Waals surface area contributed by atoms with Gasteiger partial charge in [0.15, 0.2) is 0 Å².